The molecule has 0 aliphatic rings. The van der Waals surface area contributed by atoms with Gasteiger partial charge >= 0.3 is 5.97 Å². The van der Waals surface area contributed by atoms with E-state index >= 15 is 0 Å². The van der Waals surface area contributed by atoms with E-state index in [9.17, 15) is 19.7 Å². The number of carbonyl (C=O) groups is 2. The highest BCUT2D eigenvalue weighted by molar-refractivity contribution is 6.09. The van der Waals surface area contributed by atoms with Gasteiger partial charge in [0.2, 0.25) is 5.78 Å². The molecule has 1 N–H and O–H groups in total. The highest BCUT2D eigenvalue weighted by Crippen LogP contribution is 2.20. The fourth-order valence-electron chi connectivity index (χ4n) is 2.69. The van der Waals surface area contributed by atoms with Crippen LogP contribution in [0, 0.1) is 17.0 Å². The Hall–Kier alpha value is -2.96. The molecule has 2 rings (SSSR count). The molecular formula is C20H26N2O5. The third-order valence-electron chi connectivity index (χ3n) is 4.18. The fourth-order valence-corrected chi connectivity index (χ4v) is 2.69. The summed E-state index contributed by atoms with van der Waals surface area (Å²) in [5, 5.41) is 18.7. The summed E-state index contributed by atoms with van der Waals surface area (Å²) in [6.07, 6.45) is 2.93. The van der Waals surface area contributed by atoms with Crippen molar-refractivity contribution < 1.29 is 19.6 Å². The molecule has 1 aromatic carbocycles. The Kier molecular flexibility index (Phi) is 8.38. The molecule has 0 aliphatic heterocycles. The number of benzene rings is 1. The van der Waals surface area contributed by atoms with Gasteiger partial charge in [-0.1, -0.05) is 20.3 Å². The standard InChI is InChI=1S/C15H16N2O3.C5H10O2/c1-4-12-9-10(2)14(16(12)3)15(18)11-5-7-13(8-6-11)17(19)20;1-2-3-4-5(6)7/h5-9H,4H2,1-3H3;2-4H2,1H3,(H,6,7). The fraction of sp³-hybridized carbons (Fsp3) is 0.400. The molecule has 0 unspecified atom stereocenters. The molecule has 0 aliphatic carbocycles. The largest absolute Gasteiger partial charge is 0.481 e. The maximum Gasteiger partial charge on any atom is 0.303 e. The van der Waals surface area contributed by atoms with E-state index in [1.165, 1.54) is 24.3 Å². The number of unbranched alkanes of at least 4 members (excludes halogenated alkanes) is 1. The zero-order valence-corrected chi connectivity index (χ0v) is 16.2. The number of ketones is 1. The van der Waals surface area contributed by atoms with E-state index in [4.69, 9.17) is 5.11 Å². The Morgan fingerprint density at radius 2 is 1.78 bits per heavy atom. The van der Waals surface area contributed by atoms with E-state index in [0.29, 0.717) is 17.7 Å². The van der Waals surface area contributed by atoms with Crippen molar-refractivity contribution >= 4 is 17.4 Å². The number of rotatable bonds is 7. The number of aromatic nitrogens is 1. The van der Waals surface area contributed by atoms with Gasteiger partial charge in [-0.05, 0) is 43.5 Å². The number of carboxylic acid groups (broad SMARTS) is 1. The first-order chi connectivity index (χ1) is 12.7. The van der Waals surface area contributed by atoms with E-state index in [1.54, 1.807) is 0 Å². The van der Waals surface area contributed by atoms with Gasteiger partial charge in [0, 0.05) is 36.9 Å². The molecule has 27 heavy (non-hydrogen) atoms. The molecule has 1 heterocycles. The smallest absolute Gasteiger partial charge is 0.303 e. The van der Waals surface area contributed by atoms with Crippen LogP contribution < -0.4 is 0 Å². The highest BCUT2D eigenvalue weighted by Gasteiger charge is 2.18. The molecule has 7 nitrogen and oxygen atoms in total. The van der Waals surface area contributed by atoms with Crippen LogP contribution in [0.4, 0.5) is 5.69 Å². The third kappa shape index (κ3) is 6.06. The molecule has 7 heteroatoms. The maximum absolute atomic E-state index is 12.5. The number of hydrogen-bond donors (Lipinski definition) is 1. The molecule has 2 aromatic rings. The molecule has 146 valence electrons. The molecule has 0 bridgehead atoms. The van der Waals surface area contributed by atoms with Crippen molar-refractivity contribution in [1.29, 1.82) is 0 Å². The SMILES string of the molecule is CCCCC(=O)O.CCc1cc(C)c(C(=O)c2ccc([N+](=O)[O-])cc2)n1C. The minimum absolute atomic E-state index is 0.0144. The number of carboxylic acids is 1. The lowest BCUT2D eigenvalue weighted by molar-refractivity contribution is -0.384. The highest BCUT2D eigenvalue weighted by atomic mass is 16.6. The second-order valence-electron chi connectivity index (χ2n) is 6.21. The van der Waals surface area contributed by atoms with Crippen molar-refractivity contribution in [3.63, 3.8) is 0 Å². The van der Waals surface area contributed by atoms with Gasteiger partial charge in [0.25, 0.3) is 5.69 Å². The number of nitrogens with zero attached hydrogens (tertiary/aromatic N) is 2. The quantitative estimate of drug-likeness (QED) is 0.442. The van der Waals surface area contributed by atoms with Gasteiger partial charge in [-0.15, -0.1) is 0 Å². The Labute approximate surface area is 158 Å². The summed E-state index contributed by atoms with van der Waals surface area (Å²) in [5.74, 6) is -0.804. The van der Waals surface area contributed by atoms with Crippen molar-refractivity contribution in [1.82, 2.24) is 4.57 Å². The average molecular weight is 374 g/mol. The lowest BCUT2D eigenvalue weighted by Gasteiger charge is -2.06. The van der Waals surface area contributed by atoms with Crippen LogP contribution in [0.3, 0.4) is 0 Å². The molecule has 0 amide bonds. The molecule has 0 saturated heterocycles. The van der Waals surface area contributed by atoms with Crippen LogP contribution in [0.15, 0.2) is 30.3 Å². The van der Waals surface area contributed by atoms with Crippen molar-refractivity contribution in [3.8, 4) is 0 Å². The molecule has 1 aromatic heterocycles. The van der Waals surface area contributed by atoms with E-state index in [0.717, 1.165) is 30.5 Å². The minimum atomic E-state index is -0.693. The first kappa shape index (κ1) is 22.1. The maximum atomic E-state index is 12.5. The molecule has 0 atom stereocenters. The topological polar surface area (TPSA) is 102 Å². The molecular weight excluding hydrogens is 348 g/mol. The second-order valence-corrected chi connectivity index (χ2v) is 6.21. The van der Waals surface area contributed by atoms with Crippen molar-refractivity contribution in [2.75, 3.05) is 0 Å². The summed E-state index contributed by atoms with van der Waals surface area (Å²) < 4.78 is 1.89. The van der Waals surface area contributed by atoms with Crippen molar-refractivity contribution in [2.45, 2.75) is 46.5 Å². The van der Waals surface area contributed by atoms with Gasteiger partial charge in [-0.25, -0.2) is 0 Å². The number of hydrogen-bond acceptors (Lipinski definition) is 4. The summed E-state index contributed by atoms with van der Waals surface area (Å²) in [4.78, 5) is 32.4. The van der Waals surface area contributed by atoms with Crippen molar-refractivity contribution in [2.24, 2.45) is 7.05 Å². The zero-order chi connectivity index (χ0) is 20.6. The zero-order valence-electron chi connectivity index (χ0n) is 16.2. The Balaban J connectivity index is 0.000000445. The van der Waals surface area contributed by atoms with Gasteiger partial charge in [0.1, 0.15) is 0 Å². The van der Waals surface area contributed by atoms with E-state index < -0.39 is 10.9 Å². The number of nitro groups is 1. The van der Waals surface area contributed by atoms with Crippen LogP contribution in [-0.4, -0.2) is 26.3 Å². The van der Waals surface area contributed by atoms with Gasteiger partial charge in [-0.2, -0.15) is 0 Å². The summed E-state index contributed by atoms with van der Waals surface area (Å²) in [7, 11) is 1.87. The van der Waals surface area contributed by atoms with E-state index in [-0.39, 0.29) is 11.5 Å². The van der Waals surface area contributed by atoms with E-state index in [1.807, 2.05) is 38.5 Å². The summed E-state index contributed by atoms with van der Waals surface area (Å²) in [5.41, 5.74) is 3.10. The number of non-ortho nitro benzene ring substituents is 1. The van der Waals surface area contributed by atoms with Crippen LogP contribution in [0.1, 0.15) is 60.4 Å². The monoisotopic (exact) mass is 374 g/mol. The normalized spacial score (nSPS) is 10.1. The Morgan fingerprint density at radius 1 is 1.19 bits per heavy atom. The van der Waals surface area contributed by atoms with Crippen LogP contribution in [0.2, 0.25) is 0 Å². The van der Waals surface area contributed by atoms with Gasteiger partial charge in [-0.3, -0.25) is 19.7 Å². The van der Waals surface area contributed by atoms with Gasteiger partial charge < -0.3 is 9.67 Å². The molecule has 0 spiro atoms. The van der Waals surface area contributed by atoms with Crippen LogP contribution in [-0.2, 0) is 18.3 Å². The van der Waals surface area contributed by atoms with Crippen molar-refractivity contribution in [3.05, 3.63) is 63.0 Å². The van der Waals surface area contributed by atoms with E-state index in [2.05, 4.69) is 0 Å². The predicted octanol–water partition coefficient (Wildman–Crippen LogP) is 4.30. The van der Waals surface area contributed by atoms with Crippen LogP contribution in [0.5, 0.6) is 0 Å². The lowest BCUT2D eigenvalue weighted by Crippen LogP contribution is -2.10. The van der Waals surface area contributed by atoms with Gasteiger partial charge in [0.15, 0.2) is 0 Å². The third-order valence-corrected chi connectivity index (χ3v) is 4.18. The second kappa shape index (κ2) is 10.3. The molecule has 0 radical (unpaired) electrons. The van der Waals surface area contributed by atoms with Crippen LogP contribution >= 0.6 is 0 Å². The molecule has 0 saturated carbocycles. The number of nitro benzene ring substituents is 1. The summed E-state index contributed by atoms with van der Waals surface area (Å²) in [6, 6.07) is 7.70. The first-order valence-electron chi connectivity index (χ1n) is 8.89. The lowest BCUT2D eigenvalue weighted by atomic mass is 10.1. The number of carbonyl (C=O) groups excluding carboxylic acids is 1. The number of aryl methyl sites for hydroxylation is 2. The first-order valence-corrected chi connectivity index (χ1v) is 8.89. The van der Waals surface area contributed by atoms with Gasteiger partial charge in [0.05, 0.1) is 10.6 Å². The molecule has 0 fully saturated rings. The number of aliphatic carboxylic acids is 1. The summed E-state index contributed by atoms with van der Waals surface area (Å²) in [6.45, 7) is 5.91. The average Bonchev–Trinajstić information content (AvgIpc) is 2.93. The Morgan fingerprint density at radius 3 is 2.15 bits per heavy atom. The summed E-state index contributed by atoms with van der Waals surface area (Å²) >= 11 is 0. The Bertz CT molecular complexity index is 807. The predicted molar refractivity (Wildman–Crippen MR) is 103 cm³/mol. The minimum Gasteiger partial charge on any atom is -0.481 e. The van der Waals surface area contributed by atoms with Crippen LogP contribution in [0.25, 0.3) is 0 Å².